The van der Waals surface area contributed by atoms with Crippen molar-refractivity contribution < 1.29 is 0 Å². The highest BCUT2D eigenvalue weighted by atomic mass is 35.5. The van der Waals surface area contributed by atoms with E-state index in [1.807, 2.05) is 0 Å². The molecule has 14 heavy (non-hydrogen) atoms. The number of nitrogens with one attached hydrogen (secondary N) is 1. The Bertz CT molecular complexity index is 169. The van der Waals surface area contributed by atoms with E-state index in [4.69, 9.17) is 11.6 Å². The van der Waals surface area contributed by atoms with Gasteiger partial charge in [0.1, 0.15) is 0 Å². The van der Waals surface area contributed by atoms with E-state index in [-0.39, 0.29) is 0 Å². The third-order valence-electron chi connectivity index (χ3n) is 4.06. The van der Waals surface area contributed by atoms with Crippen molar-refractivity contribution in [2.24, 2.45) is 5.92 Å². The first kappa shape index (κ1) is 10.8. The summed E-state index contributed by atoms with van der Waals surface area (Å²) in [6.45, 7) is 1.22. The quantitative estimate of drug-likeness (QED) is 0.710. The summed E-state index contributed by atoms with van der Waals surface area (Å²) < 4.78 is 0. The van der Waals surface area contributed by atoms with Crippen molar-refractivity contribution in [1.29, 1.82) is 0 Å². The molecule has 0 aliphatic heterocycles. The fourth-order valence-corrected chi connectivity index (χ4v) is 3.35. The number of rotatable bonds is 4. The van der Waals surface area contributed by atoms with Crippen LogP contribution in [0.4, 0.5) is 0 Å². The molecule has 2 saturated carbocycles. The Hall–Kier alpha value is 0.250. The average molecular weight is 216 g/mol. The Morgan fingerprint density at radius 2 is 1.71 bits per heavy atom. The maximum Gasteiger partial charge on any atom is 0.0406 e. The van der Waals surface area contributed by atoms with E-state index in [1.54, 1.807) is 0 Å². The molecule has 0 radical (unpaired) electrons. The van der Waals surface area contributed by atoms with Crippen LogP contribution in [0.5, 0.6) is 0 Å². The Morgan fingerprint density at radius 1 is 1.07 bits per heavy atom. The largest absolute Gasteiger partial charge is 0.310 e. The summed E-state index contributed by atoms with van der Waals surface area (Å²) in [5.41, 5.74) is 0.310. The minimum absolute atomic E-state index is 0.310. The van der Waals surface area contributed by atoms with Gasteiger partial charge in [-0.3, -0.25) is 0 Å². The molecule has 0 heterocycles. The number of hydrogen-bond donors (Lipinski definition) is 1. The van der Waals surface area contributed by atoms with Gasteiger partial charge in [-0.05, 0) is 38.1 Å². The molecule has 0 spiro atoms. The van der Waals surface area contributed by atoms with Gasteiger partial charge in [-0.25, -0.2) is 0 Å². The van der Waals surface area contributed by atoms with Crippen LogP contribution < -0.4 is 5.32 Å². The number of hydrogen-bond acceptors (Lipinski definition) is 1. The zero-order valence-electron chi connectivity index (χ0n) is 9.03. The molecule has 0 aromatic heterocycles. The van der Waals surface area contributed by atoms with Gasteiger partial charge >= 0.3 is 0 Å². The second-order valence-corrected chi connectivity index (χ2v) is 5.42. The molecule has 82 valence electrons. The van der Waals surface area contributed by atoms with Gasteiger partial charge in [0.25, 0.3) is 0 Å². The molecule has 0 aromatic carbocycles. The molecule has 2 aliphatic carbocycles. The molecule has 1 nitrogen and oxygen atoms in total. The van der Waals surface area contributed by atoms with Crippen LogP contribution in [0.25, 0.3) is 0 Å². The van der Waals surface area contributed by atoms with Gasteiger partial charge < -0.3 is 5.32 Å². The molecule has 0 unspecified atom stereocenters. The van der Waals surface area contributed by atoms with Gasteiger partial charge in [0, 0.05) is 11.4 Å². The Kier molecular flexibility index (Phi) is 3.73. The molecular formula is C12H22ClN. The van der Waals surface area contributed by atoms with E-state index >= 15 is 0 Å². The van der Waals surface area contributed by atoms with Gasteiger partial charge in [-0.15, -0.1) is 11.6 Å². The normalized spacial score (nSPS) is 27.2. The van der Waals surface area contributed by atoms with Crippen LogP contribution in [0.15, 0.2) is 0 Å². The van der Waals surface area contributed by atoms with Gasteiger partial charge in [0.05, 0.1) is 0 Å². The van der Waals surface area contributed by atoms with E-state index in [0.29, 0.717) is 5.54 Å². The SMILES string of the molecule is ClCC1(NCC2CCCC2)CCCC1. The van der Waals surface area contributed by atoms with Crippen LogP contribution in [-0.4, -0.2) is 18.0 Å². The fourth-order valence-electron chi connectivity index (χ4n) is 2.98. The molecule has 2 heteroatoms. The Morgan fingerprint density at radius 3 is 2.29 bits per heavy atom. The standard InChI is InChI=1S/C12H22ClN/c13-10-12(7-3-4-8-12)14-9-11-5-1-2-6-11/h11,14H,1-10H2. The van der Waals surface area contributed by atoms with Crippen molar-refractivity contribution in [2.45, 2.75) is 56.9 Å². The summed E-state index contributed by atoms with van der Waals surface area (Å²) in [5, 5.41) is 3.75. The first-order valence-electron chi connectivity index (χ1n) is 6.16. The third-order valence-corrected chi connectivity index (χ3v) is 4.57. The Labute approximate surface area is 92.6 Å². The highest BCUT2D eigenvalue weighted by Crippen LogP contribution is 2.32. The molecule has 0 bridgehead atoms. The van der Waals surface area contributed by atoms with E-state index in [2.05, 4.69) is 5.32 Å². The van der Waals surface area contributed by atoms with Gasteiger partial charge in [-0.2, -0.15) is 0 Å². The van der Waals surface area contributed by atoms with Crippen LogP contribution in [0.2, 0.25) is 0 Å². The lowest BCUT2D eigenvalue weighted by atomic mass is 9.98. The van der Waals surface area contributed by atoms with Crippen molar-refractivity contribution in [3.05, 3.63) is 0 Å². The van der Waals surface area contributed by atoms with E-state index < -0.39 is 0 Å². The third kappa shape index (κ3) is 2.43. The van der Waals surface area contributed by atoms with Gasteiger partial charge in [-0.1, -0.05) is 25.7 Å². The van der Waals surface area contributed by atoms with E-state index in [0.717, 1.165) is 11.8 Å². The molecule has 0 aromatic rings. The molecule has 2 rings (SSSR count). The van der Waals surface area contributed by atoms with Crippen LogP contribution in [0.3, 0.4) is 0 Å². The van der Waals surface area contributed by atoms with Gasteiger partial charge in [0.15, 0.2) is 0 Å². The van der Waals surface area contributed by atoms with Crippen molar-refractivity contribution in [3.63, 3.8) is 0 Å². The van der Waals surface area contributed by atoms with Crippen molar-refractivity contribution >= 4 is 11.6 Å². The predicted molar refractivity (Wildman–Crippen MR) is 61.9 cm³/mol. The summed E-state index contributed by atoms with van der Waals surface area (Å²) in [6.07, 6.45) is 11.1. The molecule has 1 N–H and O–H groups in total. The minimum atomic E-state index is 0.310. The summed E-state index contributed by atoms with van der Waals surface area (Å²) in [6, 6.07) is 0. The monoisotopic (exact) mass is 215 g/mol. The smallest absolute Gasteiger partial charge is 0.0406 e. The van der Waals surface area contributed by atoms with E-state index in [9.17, 15) is 0 Å². The summed E-state index contributed by atoms with van der Waals surface area (Å²) in [5.74, 6) is 1.75. The second-order valence-electron chi connectivity index (χ2n) is 5.15. The average Bonchev–Trinajstić information content (AvgIpc) is 2.87. The van der Waals surface area contributed by atoms with Crippen molar-refractivity contribution in [1.82, 2.24) is 5.32 Å². The van der Waals surface area contributed by atoms with E-state index in [1.165, 1.54) is 57.9 Å². The van der Waals surface area contributed by atoms with Crippen molar-refractivity contribution in [2.75, 3.05) is 12.4 Å². The zero-order valence-corrected chi connectivity index (χ0v) is 9.78. The molecule has 0 atom stereocenters. The van der Waals surface area contributed by atoms with Crippen molar-refractivity contribution in [3.8, 4) is 0 Å². The lowest BCUT2D eigenvalue weighted by molar-refractivity contribution is 0.334. The fraction of sp³-hybridized carbons (Fsp3) is 1.00. The molecular weight excluding hydrogens is 194 g/mol. The van der Waals surface area contributed by atoms with Gasteiger partial charge in [0.2, 0.25) is 0 Å². The maximum atomic E-state index is 6.09. The highest BCUT2D eigenvalue weighted by Gasteiger charge is 2.33. The Balaban J connectivity index is 1.76. The topological polar surface area (TPSA) is 12.0 Å². The maximum absolute atomic E-state index is 6.09. The highest BCUT2D eigenvalue weighted by molar-refractivity contribution is 6.18. The van der Waals surface area contributed by atoms with Crippen LogP contribution in [0.1, 0.15) is 51.4 Å². The molecule has 0 saturated heterocycles. The number of alkyl halides is 1. The van der Waals surface area contributed by atoms with Crippen LogP contribution >= 0.6 is 11.6 Å². The minimum Gasteiger partial charge on any atom is -0.310 e. The zero-order chi connectivity index (χ0) is 9.86. The molecule has 2 aliphatic rings. The summed E-state index contributed by atoms with van der Waals surface area (Å²) in [7, 11) is 0. The lowest BCUT2D eigenvalue weighted by Gasteiger charge is -2.29. The summed E-state index contributed by atoms with van der Waals surface area (Å²) >= 11 is 6.09. The molecule has 2 fully saturated rings. The first-order valence-corrected chi connectivity index (χ1v) is 6.69. The lowest BCUT2D eigenvalue weighted by Crippen LogP contribution is -2.46. The predicted octanol–water partition coefficient (Wildman–Crippen LogP) is 3.32. The first-order chi connectivity index (χ1) is 6.85. The van der Waals surface area contributed by atoms with Crippen LogP contribution in [-0.2, 0) is 0 Å². The summed E-state index contributed by atoms with van der Waals surface area (Å²) in [4.78, 5) is 0. The molecule has 0 amide bonds. The van der Waals surface area contributed by atoms with Crippen LogP contribution in [0, 0.1) is 5.92 Å². The second kappa shape index (κ2) is 4.85. The number of halogens is 1.